The molecular formula is C18H18O6S. The molecule has 0 bridgehead atoms. The van der Waals surface area contributed by atoms with Crippen LogP contribution in [0.25, 0.3) is 0 Å². The zero-order chi connectivity index (χ0) is 18.5. The molecule has 0 saturated carbocycles. The average molecular weight is 362 g/mol. The van der Waals surface area contributed by atoms with E-state index in [-0.39, 0.29) is 23.4 Å². The lowest BCUT2D eigenvalue weighted by Crippen LogP contribution is -2.47. The van der Waals surface area contributed by atoms with Gasteiger partial charge in [0.05, 0.1) is 4.90 Å². The molecule has 0 aliphatic heterocycles. The zero-order valence-electron chi connectivity index (χ0n) is 13.8. The van der Waals surface area contributed by atoms with E-state index in [0.29, 0.717) is 0 Å². The molecule has 0 heterocycles. The number of ketones is 1. The van der Waals surface area contributed by atoms with Crippen LogP contribution in [0, 0.1) is 6.92 Å². The highest BCUT2D eigenvalue weighted by Gasteiger charge is 2.46. The van der Waals surface area contributed by atoms with Gasteiger partial charge in [-0.05, 0) is 26.0 Å². The van der Waals surface area contributed by atoms with E-state index in [1.54, 1.807) is 37.3 Å². The minimum absolute atomic E-state index is 0.0670. The number of aldehydes is 1. The number of benzene rings is 2. The smallest absolute Gasteiger partial charge is 0.307 e. The Morgan fingerprint density at radius 1 is 1.08 bits per heavy atom. The van der Waals surface area contributed by atoms with Crippen molar-refractivity contribution in [3.8, 4) is 0 Å². The van der Waals surface area contributed by atoms with E-state index in [0.717, 1.165) is 5.56 Å². The van der Waals surface area contributed by atoms with Gasteiger partial charge in [0.15, 0.2) is 6.29 Å². The second kappa shape index (κ2) is 7.69. The summed E-state index contributed by atoms with van der Waals surface area (Å²) in [6, 6.07) is 13.6. The summed E-state index contributed by atoms with van der Waals surface area (Å²) in [5.74, 6) is -3.46. The van der Waals surface area contributed by atoms with Crippen LogP contribution in [0.1, 0.15) is 22.8 Å². The van der Waals surface area contributed by atoms with E-state index in [9.17, 15) is 18.0 Å². The molecule has 6 nitrogen and oxygen atoms in total. The second-order valence-corrected chi connectivity index (χ2v) is 6.81. The third-order valence-corrected chi connectivity index (χ3v) is 4.73. The van der Waals surface area contributed by atoms with Gasteiger partial charge in [0.2, 0.25) is 5.78 Å². The Kier molecular flexibility index (Phi) is 5.84. The van der Waals surface area contributed by atoms with Crippen LogP contribution < -0.4 is 0 Å². The van der Waals surface area contributed by atoms with Crippen LogP contribution in [0.2, 0.25) is 0 Å². The van der Waals surface area contributed by atoms with Gasteiger partial charge in [0.25, 0.3) is 10.1 Å². The summed E-state index contributed by atoms with van der Waals surface area (Å²) in [6.45, 7) is 3.23. The maximum atomic E-state index is 12.7. The number of aryl methyl sites for hydroxylation is 1. The molecule has 2 aromatic carbocycles. The van der Waals surface area contributed by atoms with E-state index in [4.69, 9.17) is 8.92 Å². The number of Topliss-reactive ketones (excluding diaryl/α,β-unsaturated/α-hetero) is 1. The molecule has 25 heavy (non-hydrogen) atoms. The summed E-state index contributed by atoms with van der Waals surface area (Å²) in [5.41, 5.74) is 0.952. The van der Waals surface area contributed by atoms with Gasteiger partial charge in [-0.15, -0.1) is 0 Å². The lowest BCUT2D eigenvalue weighted by Gasteiger charge is -2.25. The lowest BCUT2D eigenvalue weighted by atomic mass is 10.0. The molecule has 132 valence electrons. The van der Waals surface area contributed by atoms with Crippen molar-refractivity contribution in [3.63, 3.8) is 0 Å². The van der Waals surface area contributed by atoms with E-state index in [1.807, 2.05) is 0 Å². The maximum absolute atomic E-state index is 12.7. The van der Waals surface area contributed by atoms with Gasteiger partial charge in [0, 0.05) is 12.2 Å². The van der Waals surface area contributed by atoms with E-state index in [2.05, 4.69) is 0 Å². The molecule has 2 aromatic rings. The fourth-order valence-electron chi connectivity index (χ4n) is 2.16. The van der Waals surface area contributed by atoms with E-state index < -0.39 is 21.7 Å². The van der Waals surface area contributed by atoms with E-state index in [1.165, 1.54) is 31.2 Å². The van der Waals surface area contributed by atoms with Crippen molar-refractivity contribution in [2.24, 2.45) is 0 Å². The van der Waals surface area contributed by atoms with Gasteiger partial charge in [-0.2, -0.15) is 8.42 Å². The van der Waals surface area contributed by atoms with Crippen molar-refractivity contribution in [1.82, 2.24) is 0 Å². The Labute approximate surface area is 146 Å². The molecule has 0 N–H and O–H groups in total. The first-order valence-electron chi connectivity index (χ1n) is 7.57. The predicted molar refractivity (Wildman–Crippen MR) is 90.6 cm³/mol. The third kappa shape index (κ3) is 4.19. The van der Waals surface area contributed by atoms with Crippen LogP contribution in [0.4, 0.5) is 0 Å². The SMILES string of the molecule is CCOC(C=O)(OS(=O)(=O)c1ccc(C)cc1)C(=O)c1ccccc1. The fraction of sp³-hybridized carbons (Fsp3) is 0.222. The standard InChI is InChI=1S/C18H18O6S/c1-3-23-18(13-19,17(20)15-7-5-4-6-8-15)24-25(21,22)16-11-9-14(2)10-12-16/h4-13H,3H2,1-2H3. The molecule has 0 saturated heterocycles. The quantitative estimate of drug-likeness (QED) is 0.236. The Balaban J connectivity index is 2.45. The summed E-state index contributed by atoms with van der Waals surface area (Å²) < 4.78 is 35.2. The largest absolute Gasteiger partial charge is 0.337 e. The molecular weight excluding hydrogens is 344 g/mol. The highest BCUT2D eigenvalue weighted by molar-refractivity contribution is 7.86. The van der Waals surface area contributed by atoms with Crippen LogP contribution in [0.15, 0.2) is 59.5 Å². The van der Waals surface area contributed by atoms with Gasteiger partial charge in [0.1, 0.15) is 0 Å². The number of hydrogen-bond donors (Lipinski definition) is 0. The zero-order valence-corrected chi connectivity index (χ0v) is 14.7. The number of carbonyl (C=O) groups is 2. The van der Waals surface area contributed by atoms with Crippen molar-refractivity contribution in [2.45, 2.75) is 24.5 Å². The summed E-state index contributed by atoms with van der Waals surface area (Å²) in [5, 5.41) is 0. The first kappa shape index (κ1) is 19.0. The molecule has 1 atom stereocenters. The number of rotatable bonds is 8. The molecule has 1 unspecified atom stereocenters. The van der Waals surface area contributed by atoms with E-state index >= 15 is 0 Å². The molecule has 0 aliphatic carbocycles. The normalized spacial score (nSPS) is 13.8. The van der Waals surface area contributed by atoms with Gasteiger partial charge in [-0.1, -0.05) is 48.0 Å². The molecule has 2 rings (SSSR count). The molecule has 7 heteroatoms. The minimum Gasteiger partial charge on any atom is -0.337 e. The Morgan fingerprint density at radius 3 is 2.20 bits per heavy atom. The van der Waals surface area contributed by atoms with Crippen LogP contribution in [0.3, 0.4) is 0 Å². The number of hydrogen-bond acceptors (Lipinski definition) is 6. The summed E-state index contributed by atoms with van der Waals surface area (Å²) >= 11 is 0. The number of ether oxygens (including phenoxy) is 1. The van der Waals surface area contributed by atoms with Crippen molar-refractivity contribution < 1.29 is 26.9 Å². The lowest BCUT2D eigenvalue weighted by molar-refractivity contribution is -0.158. The first-order valence-corrected chi connectivity index (χ1v) is 8.98. The Bertz CT molecular complexity index is 843. The minimum atomic E-state index is -4.40. The molecule has 0 radical (unpaired) electrons. The van der Waals surface area contributed by atoms with Crippen molar-refractivity contribution in [3.05, 3.63) is 65.7 Å². The van der Waals surface area contributed by atoms with Crippen LogP contribution >= 0.6 is 0 Å². The molecule has 0 fully saturated rings. The topological polar surface area (TPSA) is 86.7 Å². The van der Waals surface area contributed by atoms with Crippen LogP contribution in [-0.2, 0) is 23.8 Å². The number of carbonyl (C=O) groups excluding carboxylic acids is 2. The van der Waals surface area contributed by atoms with Crippen LogP contribution in [-0.4, -0.2) is 32.9 Å². The van der Waals surface area contributed by atoms with Crippen LogP contribution in [0.5, 0.6) is 0 Å². The summed E-state index contributed by atoms with van der Waals surface area (Å²) in [7, 11) is -4.40. The predicted octanol–water partition coefficient (Wildman–Crippen LogP) is 2.51. The van der Waals surface area contributed by atoms with Gasteiger partial charge in [-0.3, -0.25) is 9.59 Å². The first-order chi connectivity index (χ1) is 11.8. The fourth-order valence-corrected chi connectivity index (χ4v) is 3.21. The van der Waals surface area contributed by atoms with Crippen molar-refractivity contribution in [1.29, 1.82) is 0 Å². The van der Waals surface area contributed by atoms with Gasteiger partial charge in [-0.25, -0.2) is 4.18 Å². The third-order valence-electron chi connectivity index (χ3n) is 3.41. The van der Waals surface area contributed by atoms with Gasteiger partial charge < -0.3 is 4.74 Å². The highest BCUT2D eigenvalue weighted by atomic mass is 32.2. The average Bonchev–Trinajstić information content (AvgIpc) is 2.61. The highest BCUT2D eigenvalue weighted by Crippen LogP contribution is 2.25. The molecule has 0 aromatic heterocycles. The summed E-state index contributed by atoms with van der Waals surface area (Å²) in [4.78, 5) is 24.2. The van der Waals surface area contributed by atoms with Gasteiger partial charge >= 0.3 is 5.79 Å². The Hall–Kier alpha value is -2.35. The van der Waals surface area contributed by atoms with Crippen molar-refractivity contribution >= 4 is 22.2 Å². The molecule has 0 amide bonds. The second-order valence-electron chi connectivity index (χ2n) is 5.26. The molecule has 0 aliphatic rings. The molecule has 0 spiro atoms. The monoisotopic (exact) mass is 362 g/mol. The summed E-state index contributed by atoms with van der Waals surface area (Å²) in [6.07, 6.45) is 0.0670. The maximum Gasteiger partial charge on any atom is 0.307 e. The Morgan fingerprint density at radius 2 is 1.68 bits per heavy atom. The van der Waals surface area contributed by atoms with Crippen molar-refractivity contribution in [2.75, 3.05) is 6.61 Å².